The third-order valence-electron chi connectivity index (χ3n) is 8.10. The van der Waals surface area contributed by atoms with Crippen LogP contribution in [0, 0.1) is 5.92 Å². The molecule has 49 heavy (non-hydrogen) atoms. The van der Waals surface area contributed by atoms with Gasteiger partial charge in [0.2, 0.25) is 35.4 Å². The number of rotatable bonds is 20. The summed E-state index contributed by atoms with van der Waals surface area (Å²) in [6.07, 6.45) is 6.85. The van der Waals surface area contributed by atoms with Gasteiger partial charge in [0.15, 0.2) is 0 Å². The topological polar surface area (TPSA) is 235 Å². The number of amides is 8. The number of unbranched alkanes of at least 4 members (excludes halogenated alkanes) is 2. The molecule has 1 aliphatic heterocycles. The van der Waals surface area contributed by atoms with E-state index in [0.717, 1.165) is 10.5 Å². The summed E-state index contributed by atoms with van der Waals surface area (Å²) >= 11 is 0. The zero-order chi connectivity index (χ0) is 35.6. The molecular formula is C33H45N7O9. The van der Waals surface area contributed by atoms with Gasteiger partial charge < -0.3 is 37.1 Å². The molecule has 16 heteroatoms. The Balaban J connectivity index is 1.33. The van der Waals surface area contributed by atoms with Crippen molar-refractivity contribution in [2.75, 3.05) is 32.9 Å². The predicted molar refractivity (Wildman–Crippen MR) is 174 cm³/mol. The maximum absolute atomic E-state index is 13.0. The standard InChI is InChI=1S/C33H45N7O9/c34-32(47)23-10-12-24(13-11-23)49-21-38-28(43)19-37-33(48)25(17-22-7-3-1-4-8-22)39-29(44)20-36-27(42)18-35-26(41)9-5-2-6-16-40-30(45)14-15-31(40)46/h1,3-4,7-8,14-15,23-25H,2,5-6,9-13,16-21H2,(H2,34,47)(H,35,41)(H,36,42)(H,37,48)(H,38,43)(H,39,44)/t23-,24+,25?. The van der Waals surface area contributed by atoms with Crippen molar-refractivity contribution >= 4 is 47.3 Å². The van der Waals surface area contributed by atoms with Gasteiger partial charge in [0.1, 0.15) is 12.8 Å². The van der Waals surface area contributed by atoms with Gasteiger partial charge in [-0.15, -0.1) is 0 Å². The fraction of sp³-hybridized carbons (Fsp3) is 0.515. The lowest BCUT2D eigenvalue weighted by Gasteiger charge is -2.26. The average Bonchev–Trinajstić information content (AvgIpc) is 3.41. The van der Waals surface area contributed by atoms with Crippen LogP contribution in [0.5, 0.6) is 0 Å². The summed E-state index contributed by atoms with van der Waals surface area (Å²) < 4.78 is 5.66. The largest absolute Gasteiger partial charge is 0.369 e. The Morgan fingerprint density at radius 2 is 1.37 bits per heavy atom. The highest BCUT2D eigenvalue weighted by molar-refractivity contribution is 6.12. The Bertz CT molecular complexity index is 1360. The van der Waals surface area contributed by atoms with Crippen molar-refractivity contribution in [3.8, 4) is 0 Å². The van der Waals surface area contributed by atoms with E-state index in [-0.39, 0.29) is 74.9 Å². The minimum Gasteiger partial charge on any atom is -0.369 e. The van der Waals surface area contributed by atoms with Gasteiger partial charge in [-0.25, -0.2) is 0 Å². The SMILES string of the molecule is NC(=O)[C@H]1CC[C@@H](OCNC(=O)CNC(=O)C(Cc2ccccc2)NC(=O)CNC(=O)CNC(=O)CCCCCN2C(=O)C=CC2=O)CC1. The van der Waals surface area contributed by atoms with E-state index in [0.29, 0.717) is 44.9 Å². The molecule has 0 radical (unpaired) electrons. The fourth-order valence-electron chi connectivity index (χ4n) is 5.30. The predicted octanol–water partition coefficient (Wildman–Crippen LogP) is -1.32. The van der Waals surface area contributed by atoms with Crippen molar-refractivity contribution in [3.63, 3.8) is 0 Å². The zero-order valence-corrected chi connectivity index (χ0v) is 27.4. The number of carbonyl (C=O) groups excluding carboxylic acids is 8. The molecule has 0 aromatic heterocycles. The van der Waals surface area contributed by atoms with E-state index < -0.39 is 36.2 Å². The Morgan fingerprint density at radius 3 is 2.04 bits per heavy atom. The Hall–Kier alpha value is -5.12. The van der Waals surface area contributed by atoms with Crippen LogP contribution < -0.4 is 32.3 Å². The number of benzene rings is 1. The molecule has 1 heterocycles. The van der Waals surface area contributed by atoms with Gasteiger partial charge in [-0.2, -0.15) is 0 Å². The van der Waals surface area contributed by atoms with Crippen LogP contribution in [0.1, 0.15) is 56.9 Å². The summed E-state index contributed by atoms with van der Waals surface area (Å²) in [6, 6.07) is 7.89. The number of nitrogens with two attached hydrogens (primary N) is 1. The third-order valence-corrected chi connectivity index (χ3v) is 8.10. The number of imide groups is 1. The molecule has 8 amide bonds. The van der Waals surface area contributed by atoms with E-state index in [4.69, 9.17) is 10.5 Å². The number of hydrogen-bond donors (Lipinski definition) is 6. The van der Waals surface area contributed by atoms with E-state index in [1.165, 1.54) is 12.2 Å². The van der Waals surface area contributed by atoms with Crippen molar-refractivity contribution in [2.45, 2.75) is 69.9 Å². The quantitative estimate of drug-likeness (QED) is 0.0543. The molecule has 7 N–H and O–H groups in total. The average molecular weight is 684 g/mol. The van der Waals surface area contributed by atoms with Crippen molar-refractivity contribution in [1.29, 1.82) is 0 Å². The molecule has 1 aromatic rings. The number of primary amides is 1. The molecule has 1 saturated carbocycles. The molecule has 1 aromatic carbocycles. The summed E-state index contributed by atoms with van der Waals surface area (Å²) in [4.78, 5) is 97.8. The van der Waals surface area contributed by atoms with Crippen molar-refractivity contribution in [2.24, 2.45) is 11.7 Å². The van der Waals surface area contributed by atoms with Gasteiger partial charge in [-0.1, -0.05) is 36.8 Å². The second-order valence-corrected chi connectivity index (χ2v) is 11.8. The van der Waals surface area contributed by atoms with Gasteiger partial charge in [0.25, 0.3) is 11.8 Å². The fourth-order valence-corrected chi connectivity index (χ4v) is 5.30. The van der Waals surface area contributed by atoms with Crippen LogP contribution in [0.15, 0.2) is 42.5 Å². The molecule has 1 unspecified atom stereocenters. The Kier molecular flexibility index (Phi) is 15.9. The summed E-state index contributed by atoms with van der Waals surface area (Å²) in [6.45, 7) is -0.943. The van der Waals surface area contributed by atoms with Crippen molar-refractivity contribution in [1.82, 2.24) is 31.5 Å². The van der Waals surface area contributed by atoms with Gasteiger partial charge in [0.05, 0.1) is 25.7 Å². The van der Waals surface area contributed by atoms with Gasteiger partial charge in [-0.3, -0.25) is 43.3 Å². The number of nitrogens with zero attached hydrogens (tertiary/aromatic N) is 1. The van der Waals surface area contributed by atoms with Crippen molar-refractivity contribution < 1.29 is 43.1 Å². The molecule has 0 bridgehead atoms. The number of carbonyl (C=O) groups is 8. The second-order valence-electron chi connectivity index (χ2n) is 11.8. The van der Waals surface area contributed by atoms with Crippen LogP contribution in [0.3, 0.4) is 0 Å². The molecule has 1 atom stereocenters. The smallest absolute Gasteiger partial charge is 0.253 e. The van der Waals surface area contributed by atoms with Crippen LogP contribution >= 0.6 is 0 Å². The first kappa shape index (κ1) is 38.3. The second kappa shape index (κ2) is 20.3. The van der Waals surface area contributed by atoms with Crippen LogP contribution in [0.4, 0.5) is 0 Å². The first-order chi connectivity index (χ1) is 23.5. The van der Waals surface area contributed by atoms with E-state index in [1.807, 2.05) is 0 Å². The third kappa shape index (κ3) is 14.3. The first-order valence-corrected chi connectivity index (χ1v) is 16.4. The summed E-state index contributed by atoms with van der Waals surface area (Å²) in [5.41, 5.74) is 6.10. The van der Waals surface area contributed by atoms with E-state index in [2.05, 4.69) is 26.6 Å². The number of ether oxygens (including phenoxy) is 1. The lowest BCUT2D eigenvalue weighted by molar-refractivity contribution is -0.137. The Labute approximate surface area is 284 Å². The lowest BCUT2D eigenvalue weighted by Crippen LogP contribution is -2.52. The van der Waals surface area contributed by atoms with E-state index in [1.54, 1.807) is 30.3 Å². The Morgan fingerprint density at radius 1 is 0.755 bits per heavy atom. The normalized spacial score (nSPS) is 17.6. The summed E-state index contributed by atoms with van der Waals surface area (Å²) in [5.74, 6) is -3.88. The number of nitrogens with one attached hydrogen (secondary N) is 5. The molecule has 266 valence electrons. The van der Waals surface area contributed by atoms with Gasteiger partial charge >= 0.3 is 0 Å². The molecule has 0 spiro atoms. The number of hydrogen-bond acceptors (Lipinski definition) is 9. The van der Waals surface area contributed by atoms with Gasteiger partial charge in [-0.05, 0) is 44.1 Å². The lowest BCUT2D eigenvalue weighted by atomic mass is 9.87. The summed E-state index contributed by atoms with van der Waals surface area (Å²) in [7, 11) is 0. The monoisotopic (exact) mass is 683 g/mol. The molecule has 0 saturated heterocycles. The molecule has 3 rings (SSSR count). The highest BCUT2D eigenvalue weighted by atomic mass is 16.5. The maximum atomic E-state index is 13.0. The highest BCUT2D eigenvalue weighted by Crippen LogP contribution is 2.25. The van der Waals surface area contributed by atoms with E-state index in [9.17, 15) is 38.4 Å². The van der Waals surface area contributed by atoms with E-state index >= 15 is 0 Å². The van der Waals surface area contributed by atoms with Crippen LogP contribution in [-0.4, -0.2) is 97.2 Å². The molecular weight excluding hydrogens is 638 g/mol. The minimum absolute atomic E-state index is 0.0613. The highest BCUT2D eigenvalue weighted by Gasteiger charge is 2.26. The summed E-state index contributed by atoms with van der Waals surface area (Å²) in [5, 5.41) is 12.5. The first-order valence-electron chi connectivity index (χ1n) is 16.4. The molecule has 2 aliphatic rings. The maximum Gasteiger partial charge on any atom is 0.253 e. The van der Waals surface area contributed by atoms with Gasteiger partial charge in [0, 0.05) is 37.5 Å². The minimum atomic E-state index is -1.05. The zero-order valence-electron chi connectivity index (χ0n) is 27.4. The van der Waals surface area contributed by atoms with Crippen LogP contribution in [-0.2, 0) is 49.5 Å². The van der Waals surface area contributed by atoms with Crippen molar-refractivity contribution in [3.05, 3.63) is 48.0 Å². The van der Waals surface area contributed by atoms with Crippen LogP contribution in [0.25, 0.3) is 0 Å². The van der Waals surface area contributed by atoms with Crippen LogP contribution in [0.2, 0.25) is 0 Å². The molecule has 16 nitrogen and oxygen atoms in total. The molecule has 1 aliphatic carbocycles. The molecule has 1 fully saturated rings.